The molecule has 0 atom stereocenters. The summed E-state index contributed by atoms with van der Waals surface area (Å²) in [5.74, 6) is 2.46. The van der Waals surface area contributed by atoms with Gasteiger partial charge in [-0.2, -0.15) is 37.0 Å². The number of nitrogens with one attached hydrogen (secondary N) is 3. The van der Waals surface area contributed by atoms with Crippen LogP contribution >= 0.6 is 0 Å². The van der Waals surface area contributed by atoms with Crippen molar-refractivity contribution in [3.63, 3.8) is 0 Å². The molecule has 0 spiro atoms. The SMILES string of the molecule is NOS(=O)(=O)c1cc(Nc2nc(Cc3ccccc3OC=O)[nH]c(=O)n2)c2c(O)c(N=Nc3ccccc3C(=O)O)c(NS(=O)(=O)O)cc2c1. The van der Waals surface area contributed by atoms with Gasteiger partial charge >= 0.3 is 32.1 Å². The predicted molar refractivity (Wildman–Crippen MR) is 173 cm³/mol. The summed E-state index contributed by atoms with van der Waals surface area (Å²) in [5.41, 5.74) is -2.60. The highest BCUT2D eigenvalue weighted by Gasteiger charge is 2.24. The first-order valence-corrected chi connectivity index (χ1v) is 16.4. The summed E-state index contributed by atoms with van der Waals surface area (Å²) in [4.78, 5) is 44.9. The maximum absolute atomic E-state index is 12.7. The third-order valence-electron chi connectivity index (χ3n) is 6.66. The van der Waals surface area contributed by atoms with Crippen LogP contribution in [0, 0.1) is 0 Å². The zero-order valence-electron chi connectivity index (χ0n) is 24.8. The van der Waals surface area contributed by atoms with E-state index >= 15 is 0 Å². The maximum atomic E-state index is 12.7. The molecular formula is C28H22N8O12S2. The van der Waals surface area contributed by atoms with Crippen molar-refractivity contribution in [3.05, 3.63) is 94.2 Å². The summed E-state index contributed by atoms with van der Waals surface area (Å²) in [6.45, 7) is 0.216. The molecule has 0 bridgehead atoms. The topological polar surface area (TPSA) is 315 Å². The number of carboxylic acid groups (broad SMARTS) is 1. The minimum atomic E-state index is -5.06. The van der Waals surface area contributed by atoms with E-state index in [1.165, 1.54) is 30.3 Å². The van der Waals surface area contributed by atoms with Crippen LogP contribution in [-0.2, 0) is 35.9 Å². The van der Waals surface area contributed by atoms with Crippen LogP contribution in [0.2, 0.25) is 0 Å². The summed E-state index contributed by atoms with van der Waals surface area (Å²) >= 11 is 0. The van der Waals surface area contributed by atoms with Gasteiger partial charge in [0.25, 0.3) is 6.47 Å². The van der Waals surface area contributed by atoms with E-state index in [0.29, 0.717) is 5.56 Å². The summed E-state index contributed by atoms with van der Waals surface area (Å²) < 4.78 is 69.4. The number of aromatic hydroxyl groups is 1. The highest BCUT2D eigenvalue weighted by molar-refractivity contribution is 7.87. The van der Waals surface area contributed by atoms with Crippen LogP contribution in [0.5, 0.6) is 11.5 Å². The quantitative estimate of drug-likeness (QED) is 0.0397. The lowest BCUT2D eigenvalue weighted by Crippen LogP contribution is -2.18. The first-order chi connectivity index (χ1) is 23.7. The zero-order chi connectivity index (χ0) is 36.2. The van der Waals surface area contributed by atoms with Crippen LogP contribution in [0.25, 0.3) is 10.8 Å². The largest absolute Gasteiger partial charge is 0.505 e. The molecule has 0 fully saturated rings. The van der Waals surface area contributed by atoms with E-state index in [9.17, 15) is 46.0 Å². The molecule has 0 aliphatic carbocycles. The second-order valence-electron chi connectivity index (χ2n) is 9.89. The first kappa shape index (κ1) is 35.0. The van der Waals surface area contributed by atoms with Crippen molar-refractivity contribution in [1.29, 1.82) is 0 Å². The van der Waals surface area contributed by atoms with Gasteiger partial charge in [0, 0.05) is 17.4 Å². The number of aromatic amines is 1. The lowest BCUT2D eigenvalue weighted by atomic mass is 10.0. The third kappa shape index (κ3) is 7.86. The molecular weight excluding hydrogens is 704 g/mol. The first-order valence-electron chi connectivity index (χ1n) is 13.6. The summed E-state index contributed by atoms with van der Waals surface area (Å²) in [7, 11) is -9.74. The standard InChI is InChI=1S/C28H22N8O12S2/c29-48-49(42,43)16-9-15-10-20(36-50(44,45)46)24(35-34-18-7-3-2-6-17(18)26(39)40)25(38)23(15)19(12-16)30-27-31-22(32-28(41)33-27)11-14-5-1-4-8-21(14)47-13-37/h1-10,12-13,36,38H,11,29H2,(H,39,40)(H,44,45,46)(H2,30,31,32,33,41). The fourth-order valence-corrected chi connectivity index (χ4v) is 5.71. The highest BCUT2D eigenvalue weighted by atomic mass is 32.2. The lowest BCUT2D eigenvalue weighted by Gasteiger charge is -2.16. The Labute approximate surface area is 280 Å². The number of H-pyrrole nitrogens is 1. The number of rotatable bonds is 13. The van der Waals surface area contributed by atoms with E-state index in [2.05, 4.69) is 34.8 Å². The number of carbonyl (C=O) groups excluding carboxylic acids is 1. The van der Waals surface area contributed by atoms with Crippen LogP contribution in [0.4, 0.5) is 28.7 Å². The maximum Gasteiger partial charge on any atom is 0.357 e. The second-order valence-corrected chi connectivity index (χ2v) is 12.6. The number of hydrogen-bond acceptors (Lipinski definition) is 16. The number of ether oxygens (including phenoxy) is 1. The van der Waals surface area contributed by atoms with Gasteiger partial charge in [-0.05, 0) is 41.8 Å². The number of nitrogens with zero attached hydrogens (tertiary/aromatic N) is 4. The van der Waals surface area contributed by atoms with Gasteiger partial charge in [0.1, 0.15) is 17.3 Å². The molecule has 0 saturated heterocycles. The Morgan fingerprint density at radius 1 is 1.00 bits per heavy atom. The van der Waals surface area contributed by atoms with Crippen molar-refractivity contribution in [3.8, 4) is 11.5 Å². The number of aromatic nitrogens is 3. The number of para-hydroxylation sites is 1. The Balaban J connectivity index is 1.72. The number of azo groups is 1. The Hall–Kier alpha value is -6.33. The molecule has 1 aromatic heterocycles. The minimum Gasteiger partial charge on any atom is -0.505 e. The predicted octanol–water partition coefficient (Wildman–Crippen LogP) is 2.80. The van der Waals surface area contributed by atoms with Gasteiger partial charge < -0.3 is 20.3 Å². The number of nitrogens with two attached hydrogens (primary N) is 1. The molecule has 0 amide bonds. The Kier molecular flexibility index (Phi) is 9.82. The zero-order valence-corrected chi connectivity index (χ0v) is 26.5. The van der Waals surface area contributed by atoms with Crippen molar-refractivity contribution in [2.45, 2.75) is 11.3 Å². The molecule has 22 heteroatoms. The summed E-state index contributed by atoms with van der Waals surface area (Å²) in [6, 6.07) is 14.5. The Morgan fingerprint density at radius 2 is 1.72 bits per heavy atom. The smallest absolute Gasteiger partial charge is 0.357 e. The van der Waals surface area contributed by atoms with E-state index in [-0.39, 0.29) is 52.2 Å². The number of phenolic OH excluding ortho intramolecular Hbond substituents is 1. The monoisotopic (exact) mass is 726 g/mol. The number of fused-ring (bicyclic) bond motifs is 1. The lowest BCUT2D eigenvalue weighted by molar-refractivity contribution is -0.120. The number of anilines is 3. The van der Waals surface area contributed by atoms with Gasteiger partial charge in [-0.25, -0.2) is 9.59 Å². The molecule has 1 heterocycles. The molecule has 20 nitrogen and oxygen atoms in total. The van der Waals surface area contributed by atoms with Crippen LogP contribution in [0.1, 0.15) is 21.7 Å². The van der Waals surface area contributed by atoms with E-state index in [0.717, 1.165) is 18.2 Å². The van der Waals surface area contributed by atoms with Gasteiger partial charge in [0.05, 0.1) is 21.8 Å². The number of benzene rings is 4. The van der Waals surface area contributed by atoms with Gasteiger partial charge in [0.2, 0.25) is 5.95 Å². The molecule has 5 aromatic rings. The van der Waals surface area contributed by atoms with E-state index in [4.69, 9.17) is 10.6 Å². The molecule has 50 heavy (non-hydrogen) atoms. The molecule has 4 aromatic carbocycles. The average Bonchev–Trinajstić information content (AvgIpc) is 3.04. The third-order valence-corrected chi connectivity index (χ3v) is 8.20. The molecule has 0 unspecified atom stereocenters. The van der Waals surface area contributed by atoms with Gasteiger partial charge in [-0.15, -0.1) is 10.2 Å². The normalized spacial score (nSPS) is 11.8. The summed E-state index contributed by atoms with van der Waals surface area (Å²) in [6.07, 6.45) is -0.0785. The van der Waals surface area contributed by atoms with E-state index in [1.54, 1.807) is 22.9 Å². The molecule has 8 N–H and O–H groups in total. The second kappa shape index (κ2) is 14.0. The van der Waals surface area contributed by atoms with Crippen LogP contribution < -0.4 is 26.4 Å². The van der Waals surface area contributed by atoms with Gasteiger partial charge in [-0.1, -0.05) is 30.3 Å². The molecule has 0 aliphatic rings. The number of phenols is 1. The van der Waals surface area contributed by atoms with Crippen LogP contribution in [-0.4, -0.2) is 59.0 Å². The number of aromatic carboxylic acids is 1. The van der Waals surface area contributed by atoms with Crippen molar-refractivity contribution in [1.82, 2.24) is 15.0 Å². The van der Waals surface area contributed by atoms with Crippen molar-refractivity contribution < 1.29 is 50.2 Å². The number of hydrogen-bond donors (Lipinski definition) is 7. The van der Waals surface area contributed by atoms with Crippen LogP contribution in [0.15, 0.2) is 86.6 Å². The van der Waals surface area contributed by atoms with E-state index < -0.39 is 60.0 Å². The van der Waals surface area contributed by atoms with Gasteiger partial charge in [-0.3, -0.25) is 19.1 Å². The number of carboxylic acids is 1. The Morgan fingerprint density at radius 3 is 2.42 bits per heavy atom. The fourth-order valence-electron chi connectivity index (χ4n) is 4.63. The summed E-state index contributed by atoms with van der Waals surface area (Å²) in [5, 5.41) is 30.8. The van der Waals surface area contributed by atoms with Crippen molar-refractivity contribution >= 4 is 72.3 Å². The fraction of sp³-hybridized carbons (Fsp3) is 0.0357. The van der Waals surface area contributed by atoms with Crippen molar-refractivity contribution in [2.75, 3.05) is 10.0 Å². The minimum absolute atomic E-state index is 0.00303. The molecule has 0 saturated carbocycles. The Bertz CT molecular complexity index is 2470. The van der Waals surface area contributed by atoms with E-state index in [1.807, 2.05) is 0 Å². The van der Waals surface area contributed by atoms with Crippen molar-refractivity contribution in [2.24, 2.45) is 16.1 Å². The molecule has 5 rings (SSSR count). The number of carbonyl (C=O) groups is 2. The highest BCUT2D eigenvalue weighted by Crippen LogP contribution is 2.46. The molecule has 0 radical (unpaired) electrons. The van der Waals surface area contributed by atoms with Crippen LogP contribution in [0.3, 0.4) is 0 Å². The average molecular weight is 727 g/mol. The molecule has 258 valence electrons. The van der Waals surface area contributed by atoms with Gasteiger partial charge in [0.15, 0.2) is 11.4 Å². The molecule has 0 aliphatic heterocycles.